The van der Waals surface area contributed by atoms with Gasteiger partial charge in [-0.05, 0) is 24.1 Å². The highest BCUT2D eigenvalue weighted by molar-refractivity contribution is 5.84. The van der Waals surface area contributed by atoms with E-state index in [1.54, 1.807) is 0 Å². The van der Waals surface area contributed by atoms with E-state index in [0.717, 1.165) is 19.6 Å². The van der Waals surface area contributed by atoms with Gasteiger partial charge in [-0.25, -0.2) is 0 Å². The van der Waals surface area contributed by atoms with Gasteiger partial charge in [0.1, 0.15) is 0 Å². The molecule has 2 aromatic rings. The number of nitrogens with zero attached hydrogens (tertiary/aromatic N) is 1. The van der Waals surface area contributed by atoms with Crippen LogP contribution in [0.5, 0.6) is 0 Å². The van der Waals surface area contributed by atoms with E-state index in [0.29, 0.717) is 5.92 Å². The molecule has 0 amide bonds. The van der Waals surface area contributed by atoms with Crippen LogP contribution in [-0.4, -0.2) is 11.1 Å². The Hall–Kier alpha value is -1.54. The average molecular weight is 242 g/mol. The summed E-state index contributed by atoms with van der Waals surface area (Å²) in [5.41, 5.74) is 2.66. The summed E-state index contributed by atoms with van der Waals surface area (Å²) in [4.78, 5) is 0. The van der Waals surface area contributed by atoms with Crippen molar-refractivity contribution in [1.82, 2.24) is 9.88 Å². The molecule has 0 bridgehead atoms. The molecule has 0 aliphatic heterocycles. The smallest absolute Gasteiger partial charge is 0.0486 e. The first-order valence-corrected chi connectivity index (χ1v) is 6.60. The molecule has 2 heteroatoms. The van der Waals surface area contributed by atoms with Gasteiger partial charge in [-0.3, -0.25) is 0 Å². The van der Waals surface area contributed by atoms with Crippen LogP contribution in [0.25, 0.3) is 10.9 Å². The quantitative estimate of drug-likeness (QED) is 0.766. The van der Waals surface area contributed by atoms with E-state index in [4.69, 9.17) is 0 Å². The van der Waals surface area contributed by atoms with Crippen LogP contribution in [0.4, 0.5) is 0 Å². The van der Waals surface area contributed by atoms with E-state index in [2.05, 4.69) is 60.8 Å². The van der Waals surface area contributed by atoms with Crippen LogP contribution >= 0.6 is 0 Å². The molecular weight excluding hydrogens is 220 g/mol. The van der Waals surface area contributed by atoms with Crippen molar-refractivity contribution in [2.24, 2.45) is 5.92 Å². The zero-order valence-electron chi connectivity index (χ0n) is 11.3. The highest BCUT2D eigenvalue weighted by Crippen LogP contribution is 2.21. The summed E-state index contributed by atoms with van der Waals surface area (Å²) < 4.78 is 2.26. The average Bonchev–Trinajstić information content (AvgIpc) is 2.69. The molecule has 0 saturated heterocycles. The van der Waals surface area contributed by atoms with Crippen molar-refractivity contribution in [3.8, 4) is 0 Å². The van der Waals surface area contributed by atoms with Crippen molar-refractivity contribution < 1.29 is 0 Å². The minimum absolute atomic E-state index is 0.687. The van der Waals surface area contributed by atoms with Crippen molar-refractivity contribution in [1.29, 1.82) is 0 Å². The molecule has 18 heavy (non-hydrogen) atoms. The molecule has 0 aliphatic rings. The fraction of sp³-hybridized carbons (Fsp3) is 0.375. The molecule has 0 unspecified atom stereocenters. The zero-order valence-corrected chi connectivity index (χ0v) is 11.3. The summed E-state index contributed by atoms with van der Waals surface area (Å²) in [6.45, 7) is 11.1. The Morgan fingerprint density at radius 2 is 2.11 bits per heavy atom. The monoisotopic (exact) mass is 242 g/mol. The highest BCUT2D eigenvalue weighted by atomic mass is 15.0. The maximum absolute atomic E-state index is 3.82. The van der Waals surface area contributed by atoms with Gasteiger partial charge in [0.15, 0.2) is 0 Å². The molecule has 2 rings (SSSR count). The van der Waals surface area contributed by atoms with Gasteiger partial charge < -0.3 is 9.88 Å². The molecule has 2 nitrogen and oxygen atoms in total. The van der Waals surface area contributed by atoms with Gasteiger partial charge in [0.05, 0.1) is 0 Å². The predicted octanol–water partition coefficient (Wildman–Crippen LogP) is 3.57. The van der Waals surface area contributed by atoms with E-state index in [9.17, 15) is 0 Å². The minimum atomic E-state index is 0.687. The largest absolute Gasteiger partial charge is 0.343 e. The lowest BCUT2D eigenvalue weighted by Gasteiger charge is -2.06. The SMILES string of the molecule is C=CCn1cc(CNCC(C)C)c2ccccc21. The zero-order chi connectivity index (χ0) is 13.0. The minimum Gasteiger partial charge on any atom is -0.343 e. The number of para-hydroxylation sites is 1. The first-order chi connectivity index (χ1) is 8.72. The van der Waals surface area contributed by atoms with Crippen molar-refractivity contribution in [3.63, 3.8) is 0 Å². The summed E-state index contributed by atoms with van der Waals surface area (Å²) >= 11 is 0. The Morgan fingerprint density at radius 1 is 1.33 bits per heavy atom. The molecule has 0 saturated carbocycles. The molecule has 96 valence electrons. The van der Waals surface area contributed by atoms with Crippen LogP contribution in [-0.2, 0) is 13.1 Å². The molecule has 1 aromatic carbocycles. The van der Waals surface area contributed by atoms with Crippen molar-refractivity contribution >= 4 is 10.9 Å². The van der Waals surface area contributed by atoms with Gasteiger partial charge in [0.2, 0.25) is 0 Å². The Labute approximate surface area is 109 Å². The first kappa shape index (κ1) is 12.9. The van der Waals surface area contributed by atoms with Crippen LogP contribution in [0.1, 0.15) is 19.4 Å². The molecular formula is C16H22N2. The van der Waals surface area contributed by atoms with Crippen molar-refractivity contribution in [2.45, 2.75) is 26.9 Å². The van der Waals surface area contributed by atoms with Gasteiger partial charge in [0, 0.05) is 30.2 Å². The molecule has 0 spiro atoms. The molecule has 1 N–H and O–H groups in total. The van der Waals surface area contributed by atoms with Gasteiger partial charge in [-0.1, -0.05) is 38.1 Å². The second-order valence-corrected chi connectivity index (χ2v) is 5.14. The van der Waals surface area contributed by atoms with E-state index < -0.39 is 0 Å². The van der Waals surface area contributed by atoms with Crippen LogP contribution in [0.2, 0.25) is 0 Å². The second-order valence-electron chi connectivity index (χ2n) is 5.14. The fourth-order valence-corrected chi connectivity index (χ4v) is 2.25. The molecule has 0 fully saturated rings. The molecule has 1 heterocycles. The maximum atomic E-state index is 3.82. The first-order valence-electron chi connectivity index (χ1n) is 6.60. The molecule has 0 atom stereocenters. The van der Waals surface area contributed by atoms with Crippen molar-refractivity contribution in [2.75, 3.05) is 6.54 Å². The van der Waals surface area contributed by atoms with Gasteiger partial charge >= 0.3 is 0 Å². The topological polar surface area (TPSA) is 17.0 Å². The number of rotatable bonds is 6. The summed E-state index contributed by atoms with van der Waals surface area (Å²) in [5, 5.41) is 4.85. The third-order valence-corrected chi connectivity index (χ3v) is 3.06. The van der Waals surface area contributed by atoms with Crippen LogP contribution in [0.3, 0.4) is 0 Å². The number of aromatic nitrogens is 1. The third-order valence-electron chi connectivity index (χ3n) is 3.06. The van der Waals surface area contributed by atoms with E-state index >= 15 is 0 Å². The summed E-state index contributed by atoms with van der Waals surface area (Å²) in [6.07, 6.45) is 4.18. The van der Waals surface area contributed by atoms with Gasteiger partial charge in [0.25, 0.3) is 0 Å². The standard InChI is InChI=1S/C16H22N2/c1-4-9-18-12-14(11-17-10-13(2)3)15-7-5-6-8-16(15)18/h4-8,12-13,17H,1,9-11H2,2-3H3. The lowest BCUT2D eigenvalue weighted by Crippen LogP contribution is -2.18. The van der Waals surface area contributed by atoms with Crippen molar-refractivity contribution in [3.05, 3.63) is 48.7 Å². The predicted molar refractivity (Wildman–Crippen MR) is 78.7 cm³/mol. The number of hydrogen-bond donors (Lipinski definition) is 1. The number of allylic oxidation sites excluding steroid dienone is 1. The fourth-order valence-electron chi connectivity index (χ4n) is 2.25. The summed E-state index contributed by atoms with van der Waals surface area (Å²) in [6, 6.07) is 8.56. The van der Waals surface area contributed by atoms with Crippen LogP contribution < -0.4 is 5.32 Å². The second kappa shape index (κ2) is 5.87. The van der Waals surface area contributed by atoms with Gasteiger partial charge in [-0.2, -0.15) is 0 Å². The summed E-state index contributed by atoms with van der Waals surface area (Å²) in [5.74, 6) is 0.687. The Bertz CT molecular complexity index is 523. The van der Waals surface area contributed by atoms with E-state index in [1.807, 2.05) is 6.08 Å². The normalized spacial score (nSPS) is 11.3. The molecule has 0 aliphatic carbocycles. The lowest BCUT2D eigenvalue weighted by molar-refractivity contribution is 0.553. The third kappa shape index (κ3) is 2.82. The lowest BCUT2D eigenvalue weighted by atomic mass is 10.1. The maximum Gasteiger partial charge on any atom is 0.0486 e. The van der Waals surface area contributed by atoms with Gasteiger partial charge in [-0.15, -0.1) is 6.58 Å². The Morgan fingerprint density at radius 3 is 2.83 bits per heavy atom. The highest BCUT2D eigenvalue weighted by Gasteiger charge is 2.06. The van der Waals surface area contributed by atoms with E-state index in [1.165, 1.54) is 16.5 Å². The Kier molecular flexibility index (Phi) is 4.21. The Balaban J connectivity index is 2.24. The number of benzene rings is 1. The van der Waals surface area contributed by atoms with Crippen LogP contribution in [0.15, 0.2) is 43.1 Å². The molecule has 1 aromatic heterocycles. The number of fused-ring (bicyclic) bond motifs is 1. The number of hydrogen-bond acceptors (Lipinski definition) is 1. The van der Waals surface area contributed by atoms with Crippen LogP contribution in [0, 0.1) is 5.92 Å². The summed E-state index contributed by atoms with van der Waals surface area (Å²) in [7, 11) is 0. The molecule has 0 radical (unpaired) electrons. The van der Waals surface area contributed by atoms with E-state index in [-0.39, 0.29) is 0 Å². The number of nitrogens with one attached hydrogen (secondary N) is 1.